The van der Waals surface area contributed by atoms with E-state index in [9.17, 15) is 9.18 Å². The molecule has 0 saturated carbocycles. The van der Waals surface area contributed by atoms with Crippen molar-refractivity contribution >= 4 is 33.3 Å². The Labute approximate surface area is 118 Å². The van der Waals surface area contributed by atoms with Gasteiger partial charge in [-0.05, 0) is 45.8 Å². The molecule has 0 amide bonds. The minimum atomic E-state index is -0.379. The lowest BCUT2D eigenvalue weighted by molar-refractivity contribution is 0.0992. The average Bonchev–Trinajstić information content (AvgIpc) is 2.32. The Bertz CT molecular complexity index is 598. The van der Waals surface area contributed by atoms with Gasteiger partial charge in [0.15, 0.2) is 5.78 Å². The summed E-state index contributed by atoms with van der Waals surface area (Å²) in [5.41, 5.74) is 1.22. The van der Waals surface area contributed by atoms with E-state index in [1.54, 1.807) is 12.1 Å². The normalized spacial score (nSPS) is 10.4. The number of benzene rings is 2. The van der Waals surface area contributed by atoms with Crippen molar-refractivity contribution in [2.75, 3.05) is 0 Å². The van der Waals surface area contributed by atoms with E-state index in [0.717, 1.165) is 5.56 Å². The molecule has 0 fully saturated rings. The maximum Gasteiger partial charge on any atom is 0.168 e. The number of rotatable bonds is 3. The van der Waals surface area contributed by atoms with Gasteiger partial charge in [0, 0.05) is 21.5 Å². The quantitative estimate of drug-likeness (QED) is 0.749. The predicted octanol–water partition coefficient (Wildman–Crippen LogP) is 4.67. The maximum atomic E-state index is 12.9. The Kier molecular flexibility index (Phi) is 4.15. The SMILES string of the molecule is O=C(Cc1ccccc1Cl)c1ccc(F)cc1Br. The Morgan fingerprint density at radius 2 is 1.94 bits per heavy atom. The zero-order chi connectivity index (χ0) is 13.1. The molecule has 0 aliphatic carbocycles. The van der Waals surface area contributed by atoms with Gasteiger partial charge >= 0.3 is 0 Å². The monoisotopic (exact) mass is 326 g/mol. The zero-order valence-electron chi connectivity index (χ0n) is 9.29. The molecule has 0 bridgehead atoms. The van der Waals surface area contributed by atoms with Gasteiger partial charge in [-0.1, -0.05) is 29.8 Å². The molecule has 0 aliphatic rings. The third-order valence-electron chi connectivity index (χ3n) is 2.54. The number of ketones is 1. The van der Waals surface area contributed by atoms with Gasteiger partial charge in [-0.15, -0.1) is 0 Å². The molecule has 0 spiro atoms. The van der Waals surface area contributed by atoms with Gasteiger partial charge in [-0.2, -0.15) is 0 Å². The molecule has 0 aliphatic heterocycles. The highest BCUT2D eigenvalue weighted by Gasteiger charge is 2.12. The number of Topliss-reactive ketones (excluding diaryl/α,β-unsaturated/α-hetero) is 1. The van der Waals surface area contributed by atoms with Crippen molar-refractivity contribution in [1.82, 2.24) is 0 Å². The zero-order valence-corrected chi connectivity index (χ0v) is 11.6. The van der Waals surface area contributed by atoms with E-state index in [-0.39, 0.29) is 18.0 Å². The number of hydrogen-bond donors (Lipinski definition) is 0. The van der Waals surface area contributed by atoms with Crippen molar-refractivity contribution in [3.05, 3.63) is 68.9 Å². The number of carbonyl (C=O) groups is 1. The van der Waals surface area contributed by atoms with Gasteiger partial charge in [0.25, 0.3) is 0 Å². The van der Waals surface area contributed by atoms with E-state index < -0.39 is 0 Å². The van der Waals surface area contributed by atoms with Crippen LogP contribution in [0.1, 0.15) is 15.9 Å². The molecule has 0 saturated heterocycles. The van der Waals surface area contributed by atoms with Gasteiger partial charge in [0.1, 0.15) is 5.82 Å². The second-order valence-corrected chi connectivity index (χ2v) is 5.08. The lowest BCUT2D eigenvalue weighted by atomic mass is 10.0. The summed E-state index contributed by atoms with van der Waals surface area (Å²) in [4.78, 5) is 12.1. The molecule has 1 nitrogen and oxygen atoms in total. The summed E-state index contributed by atoms with van der Waals surface area (Å²) < 4.78 is 13.4. The molecular weight excluding hydrogens is 319 g/mol. The van der Waals surface area contributed by atoms with Crippen LogP contribution in [0.5, 0.6) is 0 Å². The molecule has 4 heteroatoms. The smallest absolute Gasteiger partial charge is 0.168 e. The summed E-state index contributed by atoms with van der Waals surface area (Å²) in [5.74, 6) is -0.480. The predicted molar refractivity (Wildman–Crippen MR) is 73.6 cm³/mol. The lowest BCUT2D eigenvalue weighted by Gasteiger charge is -2.05. The van der Waals surface area contributed by atoms with Crippen molar-refractivity contribution in [2.24, 2.45) is 0 Å². The van der Waals surface area contributed by atoms with E-state index in [0.29, 0.717) is 15.1 Å². The average molecular weight is 328 g/mol. The Balaban J connectivity index is 2.25. The summed E-state index contributed by atoms with van der Waals surface area (Å²) in [6, 6.07) is 11.2. The van der Waals surface area contributed by atoms with Crippen LogP contribution in [0, 0.1) is 5.82 Å². The summed E-state index contributed by atoms with van der Waals surface area (Å²) in [6.07, 6.45) is 0.198. The van der Waals surface area contributed by atoms with Crippen LogP contribution in [0.4, 0.5) is 4.39 Å². The fourth-order valence-electron chi connectivity index (χ4n) is 1.63. The van der Waals surface area contributed by atoms with Gasteiger partial charge in [-0.3, -0.25) is 4.79 Å². The molecule has 2 aromatic carbocycles. The van der Waals surface area contributed by atoms with Crippen molar-refractivity contribution < 1.29 is 9.18 Å². The van der Waals surface area contributed by atoms with Gasteiger partial charge in [0.2, 0.25) is 0 Å². The molecule has 0 atom stereocenters. The number of hydrogen-bond acceptors (Lipinski definition) is 1. The first-order chi connectivity index (χ1) is 8.58. The fourth-order valence-corrected chi connectivity index (χ4v) is 2.40. The summed E-state index contributed by atoms with van der Waals surface area (Å²) in [6.45, 7) is 0. The first-order valence-electron chi connectivity index (χ1n) is 5.29. The van der Waals surface area contributed by atoms with Crippen LogP contribution in [0.3, 0.4) is 0 Å². The molecule has 0 N–H and O–H groups in total. The van der Waals surface area contributed by atoms with Crippen LogP contribution in [-0.4, -0.2) is 5.78 Å². The molecule has 0 unspecified atom stereocenters. The Morgan fingerprint density at radius 1 is 1.22 bits per heavy atom. The minimum Gasteiger partial charge on any atom is -0.294 e. The third kappa shape index (κ3) is 2.98. The van der Waals surface area contributed by atoms with E-state index in [1.807, 2.05) is 12.1 Å². The molecule has 18 heavy (non-hydrogen) atoms. The van der Waals surface area contributed by atoms with Gasteiger partial charge in [0.05, 0.1) is 0 Å². The Hall–Kier alpha value is -1.19. The van der Waals surface area contributed by atoms with E-state index in [1.165, 1.54) is 18.2 Å². The number of halogens is 3. The molecule has 0 aromatic heterocycles. The molecule has 0 heterocycles. The standard InChI is InChI=1S/C14H9BrClFO/c15-12-8-10(17)5-6-11(12)14(18)7-9-3-1-2-4-13(9)16/h1-6,8H,7H2. The highest BCUT2D eigenvalue weighted by atomic mass is 79.9. The van der Waals surface area contributed by atoms with Crippen molar-refractivity contribution in [3.63, 3.8) is 0 Å². The fraction of sp³-hybridized carbons (Fsp3) is 0.0714. The second kappa shape index (κ2) is 5.63. The van der Waals surface area contributed by atoms with E-state index >= 15 is 0 Å². The van der Waals surface area contributed by atoms with Crippen LogP contribution >= 0.6 is 27.5 Å². The van der Waals surface area contributed by atoms with Crippen molar-refractivity contribution in [2.45, 2.75) is 6.42 Å². The molecule has 92 valence electrons. The first kappa shape index (κ1) is 13.2. The topological polar surface area (TPSA) is 17.1 Å². The van der Waals surface area contributed by atoms with Crippen molar-refractivity contribution in [1.29, 1.82) is 0 Å². The highest BCUT2D eigenvalue weighted by molar-refractivity contribution is 9.10. The molecule has 0 radical (unpaired) electrons. The maximum absolute atomic E-state index is 12.9. The largest absolute Gasteiger partial charge is 0.294 e. The Morgan fingerprint density at radius 3 is 2.61 bits per heavy atom. The van der Waals surface area contributed by atoms with Crippen LogP contribution in [0.2, 0.25) is 5.02 Å². The van der Waals surface area contributed by atoms with Crippen LogP contribution in [0.15, 0.2) is 46.9 Å². The van der Waals surface area contributed by atoms with E-state index in [2.05, 4.69) is 15.9 Å². The molecular formula is C14H9BrClFO. The summed E-state index contributed by atoms with van der Waals surface area (Å²) in [5, 5.41) is 0.559. The summed E-state index contributed by atoms with van der Waals surface area (Å²) >= 11 is 9.18. The highest BCUT2D eigenvalue weighted by Crippen LogP contribution is 2.22. The van der Waals surface area contributed by atoms with E-state index in [4.69, 9.17) is 11.6 Å². The summed E-state index contributed by atoms with van der Waals surface area (Å²) in [7, 11) is 0. The van der Waals surface area contributed by atoms with Gasteiger partial charge in [-0.25, -0.2) is 4.39 Å². The minimum absolute atomic E-state index is 0.102. The van der Waals surface area contributed by atoms with Gasteiger partial charge < -0.3 is 0 Å². The molecule has 2 aromatic rings. The third-order valence-corrected chi connectivity index (χ3v) is 3.57. The van der Waals surface area contributed by atoms with Crippen LogP contribution < -0.4 is 0 Å². The second-order valence-electron chi connectivity index (χ2n) is 3.82. The van der Waals surface area contributed by atoms with Crippen LogP contribution in [0.25, 0.3) is 0 Å². The van der Waals surface area contributed by atoms with Crippen molar-refractivity contribution in [3.8, 4) is 0 Å². The lowest BCUT2D eigenvalue weighted by Crippen LogP contribution is -2.05. The number of carbonyl (C=O) groups excluding carboxylic acids is 1. The first-order valence-corrected chi connectivity index (χ1v) is 6.46. The molecule has 2 rings (SSSR count). The van der Waals surface area contributed by atoms with Crippen LogP contribution in [-0.2, 0) is 6.42 Å².